The largest absolute Gasteiger partial charge is 0.325 e. The van der Waals surface area contributed by atoms with Gasteiger partial charge in [-0.05, 0) is 30.0 Å². The number of aromatic nitrogens is 3. The molecule has 0 bridgehead atoms. The average Bonchev–Trinajstić information content (AvgIpc) is 3.10. The topological polar surface area (TPSA) is 59.8 Å². The fraction of sp³-hybridized carbons (Fsp3) is 0.318. The minimum absolute atomic E-state index is 0.0552. The van der Waals surface area contributed by atoms with E-state index in [1.807, 2.05) is 47.0 Å². The number of hydrogen-bond donors (Lipinski definition) is 1. The second-order valence-corrected chi connectivity index (χ2v) is 8.52. The predicted molar refractivity (Wildman–Crippen MR) is 116 cm³/mol. The Morgan fingerprint density at radius 3 is 2.32 bits per heavy atom. The molecule has 5 nitrogen and oxygen atoms in total. The van der Waals surface area contributed by atoms with Gasteiger partial charge in [-0.2, -0.15) is 0 Å². The third-order valence-electron chi connectivity index (χ3n) is 4.43. The molecular weight excluding hydrogens is 368 g/mol. The first-order valence-corrected chi connectivity index (χ1v) is 10.4. The summed E-state index contributed by atoms with van der Waals surface area (Å²) in [6.45, 7) is 9.31. The lowest BCUT2D eigenvalue weighted by molar-refractivity contribution is -0.113. The normalized spacial score (nSPS) is 11.4. The molecule has 1 amide bonds. The van der Waals surface area contributed by atoms with Crippen LogP contribution in [0.15, 0.2) is 59.8 Å². The van der Waals surface area contributed by atoms with Gasteiger partial charge in [0.1, 0.15) is 0 Å². The van der Waals surface area contributed by atoms with Crippen LogP contribution in [0.4, 0.5) is 5.69 Å². The van der Waals surface area contributed by atoms with Crippen molar-refractivity contribution in [2.24, 2.45) is 0 Å². The van der Waals surface area contributed by atoms with Gasteiger partial charge in [0, 0.05) is 17.8 Å². The smallest absolute Gasteiger partial charge is 0.234 e. The van der Waals surface area contributed by atoms with Gasteiger partial charge >= 0.3 is 0 Å². The summed E-state index contributed by atoms with van der Waals surface area (Å²) in [4.78, 5) is 12.4. The third kappa shape index (κ3) is 4.81. The highest BCUT2D eigenvalue weighted by Crippen LogP contribution is 2.25. The van der Waals surface area contributed by atoms with E-state index in [1.54, 1.807) is 0 Å². The summed E-state index contributed by atoms with van der Waals surface area (Å²) in [5.41, 5.74) is 3.16. The second kappa shape index (κ2) is 8.61. The molecule has 1 aromatic heterocycles. The monoisotopic (exact) mass is 394 g/mol. The number of anilines is 1. The van der Waals surface area contributed by atoms with E-state index in [0.29, 0.717) is 0 Å². The first-order valence-electron chi connectivity index (χ1n) is 9.40. The number of benzene rings is 2. The van der Waals surface area contributed by atoms with Crippen LogP contribution in [0.1, 0.15) is 33.3 Å². The Hall–Kier alpha value is -2.60. The van der Waals surface area contributed by atoms with Gasteiger partial charge in [0.05, 0.1) is 5.75 Å². The van der Waals surface area contributed by atoms with Gasteiger partial charge in [0.15, 0.2) is 11.0 Å². The van der Waals surface area contributed by atoms with Crippen LogP contribution in [0.25, 0.3) is 11.4 Å². The molecule has 0 aliphatic heterocycles. The van der Waals surface area contributed by atoms with E-state index >= 15 is 0 Å². The van der Waals surface area contributed by atoms with Crippen LogP contribution < -0.4 is 5.32 Å². The zero-order valence-corrected chi connectivity index (χ0v) is 17.6. The van der Waals surface area contributed by atoms with E-state index in [1.165, 1.54) is 17.3 Å². The standard InChI is InChI=1S/C22H26N4OS/c1-5-26-20(16-9-7-6-8-10-16)24-25-21(26)28-15-19(27)23-18-13-11-17(12-14-18)22(2,3)4/h6-14H,5,15H2,1-4H3,(H,23,27). The van der Waals surface area contributed by atoms with E-state index < -0.39 is 0 Å². The van der Waals surface area contributed by atoms with Gasteiger partial charge in [-0.3, -0.25) is 4.79 Å². The average molecular weight is 395 g/mol. The minimum atomic E-state index is -0.0552. The molecule has 1 heterocycles. The molecule has 0 spiro atoms. The summed E-state index contributed by atoms with van der Waals surface area (Å²) >= 11 is 1.40. The van der Waals surface area contributed by atoms with Crippen molar-refractivity contribution in [3.63, 3.8) is 0 Å². The lowest BCUT2D eigenvalue weighted by Crippen LogP contribution is -2.15. The van der Waals surface area contributed by atoms with Crippen molar-refractivity contribution in [1.82, 2.24) is 14.8 Å². The molecule has 0 saturated heterocycles. The highest BCUT2D eigenvalue weighted by Gasteiger charge is 2.15. The molecule has 146 valence electrons. The summed E-state index contributed by atoms with van der Waals surface area (Å²) in [5, 5.41) is 12.3. The molecular formula is C22H26N4OS. The van der Waals surface area contributed by atoms with Gasteiger partial charge in [0.25, 0.3) is 0 Å². The van der Waals surface area contributed by atoms with Crippen LogP contribution >= 0.6 is 11.8 Å². The molecule has 0 aliphatic rings. The number of carbonyl (C=O) groups is 1. The Labute approximate surface area is 170 Å². The van der Waals surface area contributed by atoms with Crippen molar-refractivity contribution in [2.45, 2.75) is 44.8 Å². The van der Waals surface area contributed by atoms with Gasteiger partial charge in [-0.1, -0.05) is 75.0 Å². The zero-order chi connectivity index (χ0) is 20.1. The van der Waals surface area contributed by atoms with Crippen molar-refractivity contribution in [1.29, 1.82) is 0 Å². The lowest BCUT2D eigenvalue weighted by atomic mass is 9.87. The summed E-state index contributed by atoms with van der Waals surface area (Å²) in [6.07, 6.45) is 0. The first-order chi connectivity index (χ1) is 13.4. The number of rotatable bonds is 6. The van der Waals surface area contributed by atoms with Crippen LogP contribution in [0.2, 0.25) is 0 Å². The zero-order valence-electron chi connectivity index (χ0n) is 16.8. The number of hydrogen-bond acceptors (Lipinski definition) is 4. The molecule has 0 radical (unpaired) electrons. The van der Waals surface area contributed by atoms with E-state index in [0.717, 1.165) is 28.8 Å². The van der Waals surface area contributed by atoms with E-state index in [9.17, 15) is 4.79 Å². The molecule has 1 N–H and O–H groups in total. The van der Waals surface area contributed by atoms with Gasteiger partial charge in [-0.25, -0.2) is 0 Å². The number of nitrogens with one attached hydrogen (secondary N) is 1. The quantitative estimate of drug-likeness (QED) is 0.598. The maximum atomic E-state index is 12.4. The Bertz CT molecular complexity index is 927. The van der Waals surface area contributed by atoms with E-state index in [2.05, 4.69) is 55.3 Å². The molecule has 0 atom stereocenters. The summed E-state index contributed by atoms with van der Waals surface area (Å²) in [6, 6.07) is 18.0. The lowest BCUT2D eigenvalue weighted by Gasteiger charge is -2.19. The first kappa shape index (κ1) is 20.1. The third-order valence-corrected chi connectivity index (χ3v) is 5.40. The minimum Gasteiger partial charge on any atom is -0.325 e. The molecule has 3 rings (SSSR count). The fourth-order valence-electron chi connectivity index (χ4n) is 2.86. The summed E-state index contributed by atoms with van der Waals surface area (Å²) in [7, 11) is 0. The molecule has 28 heavy (non-hydrogen) atoms. The number of amides is 1. The molecule has 2 aromatic carbocycles. The SMILES string of the molecule is CCn1c(SCC(=O)Nc2ccc(C(C)(C)C)cc2)nnc1-c1ccccc1. The van der Waals surface area contributed by atoms with Crippen LogP contribution in [0.5, 0.6) is 0 Å². The molecule has 0 saturated carbocycles. The molecule has 0 unspecified atom stereocenters. The van der Waals surface area contributed by atoms with E-state index in [4.69, 9.17) is 0 Å². The van der Waals surface area contributed by atoms with Crippen LogP contribution in [-0.4, -0.2) is 26.4 Å². The molecule has 6 heteroatoms. The number of nitrogens with zero attached hydrogens (tertiary/aromatic N) is 3. The molecule has 3 aromatic rings. The van der Waals surface area contributed by atoms with Crippen molar-refractivity contribution in [3.05, 3.63) is 60.2 Å². The number of carbonyl (C=O) groups excluding carboxylic acids is 1. The summed E-state index contributed by atoms with van der Waals surface area (Å²) in [5.74, 6) is 1.05. The Kier molecular flexibility index (Phi) is 6.19. The van der Waals surface area contributed by atoms with Crippen molar-refractivity contribution in [3.8, 4) is 11.4 Å². The van der Waals surface area contributed by atoms with Gasteiger partial charge < -0.3 is 9.88 Å². The maximum Gasteiger partial charge on any atom is 0.234 e. The second-order valence-electron chi connectivity index (χ2n) is 7.58. The van der Waals surface area contributed by atoms with Crippen LogP contribution in [0, 0.1) is 0 Å². The highest BCUT2D eigenvalue weighted by atomic mass is 32.2. The Morgan fingerprint density at radius 1 is 1.04 bits per heavy atom. The Balaban J connectivity index is 1.63. The van der Waals surface area contributed by atoms with Crippen molar-refractivity contribution >= 4 is 23.4 Å². The van der Waals surface area contributed by atoms with E-state index in [-0.39, 0.29) is 17.1 Å². The number of thioether (sulfide) groups is 1. The summed E-state index contributed by atoms with van der Waals surface area (Å²) < 4.78 is 2.03. The highest BCUT2D eigenvalue weighted by molar-refractivity contribution is 7.99. The van der Waals surface area contributed by atoms with Crippen LogP contribution in [0.3, 0.4) is 0 Å². The molecule has 0 fully saturated rings. The molecule has 0 aliphatic carbocycles. The fourth-order valence-corrected chi connectivity index (χ4v) is 3.66. The van der Waals surface area contributed by atoms with Crippen molar-refractivity contribution < 1.29 is 4.79 Å². The Morgan fingerprint density at radius 2 is 1.71 bits per heavy atom. The van der Waals surface area contributed by atoms with Crippen LogP contribution in [-0.2, 0) is 16.8 Å². The van der Waals surface area contributed by atoms with Gasteiger partial charge in [-0.15, -0.1) is 10.2 Å². The predicted octanol–water partition coefficient (Wildman–Crippen LogP) is 4.99. The maximum absolute atomic E-state index is 12.4. The van der Waals surface area contributed by atoms with Gasteiger partial charge in [0.2, 0.25) is 5.91 Å². The van der Waals surface area contributed by atoms with Crippen molar-refractivity contribution in [2.75, 3.05) is 11.1 Å².